The molecule has 2 heterocycles. The van der Waals surface area contributed by atoms with E-state index in [4.69, 9.17) is 15.2 Å². The van der Waals surface area contributed by atoms with Crippen LogP contribution in [0.15, 0.2) is 18.3 Å². The molecule has 2 N–H and O–H groups in total. The molecule has 0 unspecified atom stereocenters. The van der Waals surface area contributed by atoms with E-state index < -0.39 is 5.79 Å². The molecule has 15 heavy (non-hydrogen) atoms. The molecule has 2 atom stereocenters. The van der Waals surface area contributed by atoms with Crippen molar-refractivity contribution >= 4 is 5.69 Å². The molecule has 1 aliphatic heterocycles. The maximum absolute atomic E-state index is 5.76. The zero-order valence-corrected chi connectivity index (χ0v) is 9.23. The second-order valence-corrected chi connectivity index (χ2v) is 4.28. The summed E-state index contributed by atoms with van der Waals surface area (Å²) in [7, 11) is 0. The SMILES string of the molecule is C[C@@H]1OC(C)(C)O[C@@H]1c1cc(N)ccn1. The molecular formula is C11H16N2O2. The molecule has 0 saturated carbocycles. The van der Waals surface area contributed by atoms with Crippen molar-refractivity contribution in [1.29, 1.82) is 0 Å². The van der Waals surface area contributed by atoms with E-state index in [0.29, 0.717) is 5.69 Å². The Morgan fingerprint density at radius 1 is 1.40 bits per heavy atom. The molecule has 1 fully saturated rings. The number of anilines is 1. The van der Waals surface area contributed by atoms with E-state index >= 15 is 0 Å². The van der Waals surface area contributed by atoms with Gasteiger partial charge in [-0.15, -0.1) is 0 Å². The maximum Gasteiger partial charge on any atom is 0.164 e. The van der Waals surface area contributed by atoms with Crippen LogP contribution < -0.4 is 5.73 Å². The minimum absolute atomic E-state index is 0.00528. The molecular weight excluding hydrogens is 192 g/mol. The smallest absolute Gasteiger partial charge is 0.164 e. The zero-order valence-electron chi connectivity index (χ0n) is 9.23. The van der Waals surface area contributed by atoms with Gasteiger partial charge < -0.3 is 15.2 Å². The topological polar surface area (TPSA) is 57.4 Å². The Kier molecular flexibility index (Phi) is 2.40. The number of aromatic nitrogens is 1. The fraction of sp³-hybridized carbons (Fsp3) is 0.545. The van der Waals surface area contributed by atoms with Crippen molar-refractivity contribution in [2.45, 2.75) is 38.8 Å². The molecule has 0 spiro atoms. The number of hydrogen-bond acceptors (Lipinski definition) is 4. The fourth-order valence-corrected chi connectivity index (χ4v) is 1.86. The van der Waals surface area contributed by atoms with Crippen LogP contribution in [-0.4, -0.2) is 16.9 Å². The zero-order chi connectivity index (χ0) is 11.1. The van der Waals surface area contributed by atoms with Gasteiger partial charge in [0.05, 0.1) is 11.8 Å². The molecule has 4 heteroatoms. The summed E-state index contributed by atoms with van der Waals surface area (Å²) in [4.78, 5) is 4.25. The van der Waals surface area contributed by atoms with Crippen LogP contribution in [0, 0.1) is 0 Å². The van der Waals surface area contributed by atoms with Crippen molar-refractivity contribution in [1.82, 2.24) is 4.98 Å². The number of rotatable bonds is 1. The minimum Gasteiger partial charge on any atom is -0.399 e. The summed E-state index contributed by atoms with van der Waals surface area (Å²) in [5, 5.41) is 0. The lowest BCUT2D eigenvalue weighted by Gasteiger charge is -2.16. The van der Waals surface area contributed by atoms with Crippen molar-refractivity contribution in [3.63, 3.8) is 0 Å². The van der Waals surface area contributed by atoms with E-state index in [1.807, 2.05) is 26.8 Å². The summed E-state index contributed by atoms with van der Waals surface area (Å²) in [5.74, 6) is -0.545. The van der Waals surface area contributed by atoms with Crippen molar-refractivity contribution in [2.24, 2.45) is 0 Å². The predicted molar refractivity (Wildman–Crippen MR) is 57.1 cm³/mol. The van der Waals surface area contributed by atoms with Gasteiger partial charge in [0.15, 0.2) is 5.79 Å². The first-order chi connectivity index (χ1) is 6.98. The summed E-state index contributed by atoms with van der Waals surface area (Å²) in [6, 6.07) is 3.58. The quantitative estimate of drug-likeness (QED) is 0.765. The third kappa shape index (κ3) is 2.11. The predicted octanol–water partition coefficient (Wildman–Crippen LogP) is 1.88. The summed E-state index contributed by atoms with van der Waals surface area (Å²) in [5.41, 5.74) is 7.22. The van der Waals surface area contributed by atoms with E-state index in [-0.39, 0.29) is 12.2 Å². The van der Waals surface area contributed by atoms with Crippen LogP contribution in [0.25, 0.3) is 0 Å². The molecule has 82 valence electrons. The Bertz CT molecular complexity index is 365. The molecule has 0 bridgehead atoms. The van der Waals surface area contributed by atoms with Gasteiger partial charge in [-0.05, 0) is 32.9 Å². The Labute approximate surface area is 89.4 Å². The van der Waals surface area contributed by atoms with Crippen LogP contribution in [0.2, 0.25) is 0 Å². The third-order valence-electron chi connectivity index (χ3n) is 2.40. The molecule has 4 nitrogen and oxygen atoms in total. The number of hydrogen-bond donors (Lipinski definition) is 1. The van der Waals surface area contributed by atoms with E-state index in [1.165, 1.54) is 0 Å². The number of pyridine rings is 1. The molecule has 1 aliphatic rings. The minimum atomic E-state index is -0.545. The van der Waals surface area contributed by atoms with Gasteiger partial charge in [-0.3, -0.25) is 4.98 Å². The lowest BCUT2D eigenvalue weighted by Crippen LogP contribution is -2.20. The van der Waals surface area contributed by atoms with E-state index in [0.717, 1.165) is 5.69 Å². The Morgan fingerprint density at radius 2 is 2.13 bits per heavy atom. The molecule has 0 aromatic carbocycles. The highest BCUT2D eigenvalue weighted by Crippen LogP contribution is 2.37. The lowest BCUT2D eigenvalue weighted by molar-refractivity contribution is -0.145. The lowest BCUT2D eigenvalue weighted by atomic mass is 10.1. The highest BCUT2D eigenvalue weighted by atomic mass is 16.7. The highest BCUT2D eigenvalue weighted by molar-refractivity contribution is 5.38. The second kappa shape index (κ2) is 3.47. The Balaban J connectivity index is 2.25. The van der Waals surface area contributed by atoms with Crippen molar-refractivity contribution in [3.8, 4) is 0 Å². The number of nitrogen functional groups attached to an aromatic ring is 1. The maximum atomic E-state index is 5.76. The number of ether oxygens (including phenoxy) is 2. The van der Waals surface area contributed by atoms with Gasteiger partial charge in [0, 0.05) is 11.9 Å². The van der Waals surface area contributed by atoms with Crippen molar-refractivity contribution < 1.29 is 9.47 Å². The monoisotopic (exact) mass is 208 g/mol. The second-order valence-electron chi connectivity index (χ2n) is 4.28. The van der Waals surface area contributed by atoms with Crippen LogP contribution in [0.4, 0.5) is 5.69 Å². The van der Waals surface area contributed by atoms with Crippen molar-refractivity contribution in [3.05, 3.63) is 24.0 Å². The van der Waals surface area contributed by atoms with Gasteiger partial charge in [-0.2, -0.15) is 0 Å². The van der Waals surface area contributed by atoms with Gasteiger partial charge in [-0.25, -0.2) is 0 Å². The largest absolute Gasteiger partial charge is 0.399 e. The average molecular weight is 208 g/mol. The molecule has 0 amide bonds. The van der Waals surface area contributed by atoms with Gasteiger partial charge >= 0.3 is 0 Å². The van der Waals surface area contributed by atoms with Crippen LogP contribution in [0.5, 0.6) is 0 Å². The van der Waals surface area contributed by atoms with Crippen molar-refractivity contribution in [2.75, 3.05) is 5.73 Å². The molecule has 0 aliphatic carbocycles. The number of nitrogens with two attached hydrogens (primary N) is 1. The van der Waals surface area contributed by atoms with Gasteiger partial charge in [0.2, 0.25) is 0 Å². The molecule has 1 saturated heterocycles. The van der Waals surface area contributed by atoms with E-state index in [1.54, 1.807) is 12.3 Å². The van der Waals surface area contributed by atoms with Crippen LogP contribution in [-0.2, 0) is 9.47 Å². The standard InChI is InChI=1S/C11H16N2O2/c1-7-10(15-11(2,3)14-7)9-6-8(12)4-5-13-9/h4-7,10H,1-3H3,(H2,12,13)/t7-,10-/m0/s1. The summed E-state index contributed by atoms with van der Waals surface area (Å²) in [6.45, 7) is 5.77. The molecule has 0 radical (unpaired) electrons. The molecule has 2 rings (SSSR count). The third-order valence-corrected chi connectivity index (χ3v) is 2.40. The fourth-order valence-electron chi connectivity index (χ4n) is 1.86. The van der Waals surface area contributed by atoms with Crippen LogP contribution >= 0.6 is 0 Å². The van der Waals surface area contributed by atoms with Gasteiger partial charge in [0.25, 0.3) is 0 Å². The van der Waals surface area contributed by atoms with E-state index in [2.05, 4.69) is 4.98 Å². The Hall–Kier alpha value is -1.13. The molecule has 1 aromatic rings. The summed E-state index contributed by atoms with van der Waals surface area (Å²) >= 11 is 0. The van der Waals surface area contributed by atoms with Crippen LogP contribution in [0.1, 0.15) is 32.6 Å². The molecule has 1 aromatic heterocycles. The van der Waals surface area contributed by atoms with Gasteiger partial charge in [0.1, 0.15) is 6.10 Å². The summed E-state index contributed by atoms with van der Waals surface area (Å²) < 4.78 is 11.4. The van der Waals surface area contributed by atoms with Gasteiger partial charge in [-0.1, -0.05) is 0 Å². The highest BCUT2D eigenvalue weighted by Gasteiger charge is 2.40. The Morgan fingerprint density at radius 3 is 2.67 bits per heavy atom. The normalized spacial score (nSPS) is 29.3. The first kappa shape index (κ1) is 10.4. The summed E-state index contributed by atoms with van der Waals surface area (Å²) in [6.07, 6.45) is 1.55. The number of nitrogens with zero attached hydrogens (tertiary/aromatic N) is 1. The average Bonchev–Trinajstić information content (AvgIpc) is 2.40. The van der Waals surface area contributed by atoms with E-state index in [9.17, 15) is 0 Å². The van der Waals surface area contributed by atoms with Crippen LogP contribution in [0.3, 0.4) is 0 Å². The first-order valence-corrected chi connectivity index (χ1v) is 5.05. The first-order valence-electron chi connectivity index (χ1n) is 5.05.